The molecule has 0 spiro atoms. The van der Waals surface area contributed by atoms with Crippen LogP contribution in [0.1, 0.15) is 33.3 Å². The molecule has 4 rings (SSSR count). The van der Waals surface area contributed by atoms with Gasteiger partial charge in [-0.1, -0.05) is 29.8 Å². The number of hydrogen-bond donors (Lipinski definition) is 0. The summed E-state index contributed by atoms with van der Waals surface area (Å²) in [7, 11) is 1.64. The number of benzene rings is 1. The molecule has 6 nitrogen and oxygen atoms in total. The summed E-state index contributed by atoms with van der Waals surface area (Å²) < 4.78 is 7.28. The second kappa shape index (κ2) is 8.81. The Morgan fingerprint density at radius 2 is 2.07 bits per heavy atom. The second-order valence-corrected chi connectivity index (χ2v) is 7.81. The van der Waals surface area contributed by atoms with Gasteiger partial charge in [0.05, 0.1) is 24.4 Å². The lowest BCUT2D eigenvalue weighted by Crippen LogP contribution is -2.42. The van der Waals surface area contributed by atoms with E-state index in [1.807, 2.05) is 42.6 Å². The Balaban J connectivity index is 1.44. The first-order chi connectivity index (χ1) is 14.5. The van der Waals surface area contributed by atoms with E-state index in [4.69, 9.17) is 16.3 Å². The van der Waals surface area contributed by atoms with Gasteiger partial charge in [-0.2, -0.15) is 0 Å². The van der Waals surface area contributed by atoms with Gasteiger partial charge in [-0.3, -0.25) is 14.6 Å². The molecule has 7 heteroatoms. The van der Waals surface area contributed by atoms with E-state index in [1.165, 1.54) is 10.6 Å². The van der Waals surface area contributed by atoms with Crippen molar-refractivity contribution in [2.75, 3.05) is 19.7 Å². The van der Waals surface area contributed by atoms with Gasteiger partial charge in [0.25, 0.3) is 5.91 Å². The molecule has 0 unspecified atom stereocenters. The Morgan fingerprint density at radius 3 is 2.80 bits per heavy atom. The molecule has 154 valence electrons. The molecule has 1 fully saturated rings. The van der Waals surface area contributed by atoms with Crippen LogP contribution < -0.4 is 5.56 Å². The van der Waals surface area contributed by atoms with Gasteiger partial charge in [0.1, 0.15) is 6.10 Å². The van der Waals surface area contributed by atoms with Crippen molar-refractivity contribution in [3.05, 3.63) is 98.7 Å². The number of hydrogen-bond acceptors (Lipinski definition) is 4. The Labute approximate surface area is 179 Å². The maximum atomic E-state index is 12.8. The Kier molecular flexibility index (Phi) is 5.97. The molecule has 2 aromatic heterocycles. The smallest absolute Gasteiger partial charge is 0.255 e. The highest BCUT2D eigenvalue weighted by molar-refractivity contribution is 6.30. The van der Waals surface area contributed by atoms with Gasteiger partial charge in [0.2, 0.25) is 5.56 Å². The third-order valence-corrected chi connectivity index (χ3v) is 5.40. The third-order valence-electron chi connectivity index (χ3n) is 5.16. The monoisotopic (exact) mass is 423 g/mol. The summed E-state index contributed by atoms with van der Waals surface area (Å²) in [6.07, 6.45) is 3.87. The lowest BCUT2D eigenvalue weighted by molar-refractivity contribution is -0.0247. The Morgan fingerprint density at radius 1 is 1.20 bits per heavy atom. The fraction of sp³-hybridized carbons (Fsp3) is 0.261. The molecule has 3 aromatic rings. The number of morpholine rings is 1. The van der Waals surface area contributed by atoms with E-state index >= 15 is 0 Å². The summed E-state index contributed by atoms with van der Waals surface area (Å²) in [5.74, 6) is -0.114. The molecule has 0 saturated carbocycles. The summed E-state index contributed by atoms with van der Waals surface area (Å²) >= 11 is 6.06. The number of aromatic nitrogens is 2. The van der Waals surface area contributed by atoms with E-state index in [2.05, 4.69) is 4.98 Å². The van der Waals surface area contributed by atoms with Crippen LogP contribution in [0.25, 0.3) is 0 Å². The topological polar surface area (TPSA) is 64.4 Å². The lowest BCUT2D eigenvalue weighted by atomic mass is 10.1. The molecular formula is C23H22ClN3O3. The maximum Gasteiger partial charge on any atom is 0.255 e. The number of amides is 1. The predicted octanol–water partition coefficient (Wildman–Crippen LogP) is 3.24. The molecule has 1 amide bonds. The lowest BCUT2D eigenvalue weighted by Gasteiger charge is -2.32. The molecule has 0 radical (unpaired) electrons. The van der Waals surface area contributed by atoms with Crippen LogP contribution in [0.4, 0.5) is 0 Å². The van der Waals surface area contributed by atoms with E-state index in [9.17, 15) is 9.59 Å². The molecule has 30 heavy (non-hydrogen) atoms. The molecule has 1 aliphatic heterocycles. The summed E-state index contributed by atoms with van der Waals surface area (Å²) in [6.45, 7) is 1.36. The Bertz CT molecular complexity index is 1110. The summed E-state index contributed by atoms with van der Waals surface area (Å²) in [6, 6.07) is 14.7. The summed E-state index contributed by atoms with van der Waals surface area (Å²) in [4.78, 5) is 30.7. The van der Waals surface area contributed by atoms with Gasteiger partial charge in [0.15, 0.2) is 0 Å². The summed E-state index contributed by atoms with van der Waals surface area (Å²) in [5.41, 5.74) is 3.34. The minimum absolute atomic E-state index is 0.114. The van der Waals surface area contributed by atoms with Gasteiger partial charge in [0, 0.05) is 37.1 Å². The molecule has 1 atom stereocenters. The Hall–Kier alpha value is -2.96. The van der Waals surface area contributed by atoms with Crippen LogP contribution in [0.15, 0.2) is 65.7 Å². The number of ether oxygens (including phenoxy) is 1. The number of aryl methyl sites for hydroxylation is 1. The highest BCUT2D eigenvalue weighted by atomic mass is 35.5. The van der Waals surface area contributed by atoms with Crippen molar-refractivity contribution in [2.24, 2.45) is 7.05 Å². The number of nitrogens with zero attached hydrogens (tertiary/aromatic N) is 3. The number of rotatable bonds is 4. The fourth-order valence-corrected chi connectivity index (χ4v) is 3.74. The van der Waals surface area contributed by atoms with Crippen LogP contribution in [0.3, 0.4) is 0 Å². The SMILES string of the molecule is Cn1cc(C(=O)N2CCO[C@H](c3ccc(Cc4cccc(Cl)c4)cn3)C2)ccc1=O. The van der Waals surface area contributed by atoms with Gasteiger partial charge in [-0.25, -0.2) is 0 Å². The number of pyridine rings is 2. The maximum absolute atomic E-state index is 12.8. The highest BCUT2D eigenvalue weighted by Gasteiger charge is 2.27. The number of carbonyl (C=O) groups excluding carboxylic acids is 1. The van der Waals surface area contributed by atoms with Crippen LogP contribution in [0, 0.1) is 0 Å². The molecule has 0 aliphatic carbocycles. The first kappa shape index (κ1) is 20.3. The van der Waals surface area contributed by atoms with Crippen LogP contribution >= 0.6 is 11.6 Å². The van der Waals surface area contributed by atoms with Gasteiger partial charge in [-0.15, -0.1) is 0 Å². The van der Waals surface area contributed by atoms with Crippen LogP contribution in [0.2, 0.25) is 5.02 Å². The van der Waals surface area contributed by atoms with Crippen LogP contribution in [-0.4, -0.2) is 40.1 Å². The highest BCUT2D eigenvalue weighted by Crippen LogP contribution is 2.23. The molecule has 0 bridgehead atoms. The third kappa shape index (κ3) is 4.61. The minimum Gasteiger partial charge on any atom is -0.368 e. The first-order valence-corrected chi connectivity index (χ1v) is 10.1. The summed E-state index contributed by atoms with van der Waals surface area (Å²) in [5, 5.41) is 0.718. The van der Waals surface area contributed by atoms with E-state index in [-0.39, 0.29) is 17.6 Å². The standard InChI is InChI=1S/C23H22ClN3O3/c1-26-14-18(6-8-22(26)28)23(29)27-9-10-30-21(15-27)20-7-5-17(13-25-20)11-16-3-2-4-19(24)12-16/h2-8,12-14,21H,9-11,15H2,1H3/t21-/m0/s1. The average molecular weight is 424 g/mol. The van der Waals surface area contributed by atoms with E-state index < -0.39 is 0 Å². The zero-order chi connectivity index (χ0) is 21.1. The van der Waals surface area contributed by atoms with Crippen molar-refractivity contribution < 1.29 is 9.53 Å². The fourth-order valence-electron chi connectivity index (χ4n) is 3.53. The molecule has 0 N–H and O–H groups in total. The number of halogens is 1. The van der Waals surface area contributed by atoms with E-state index in [0.29, 0.717) is 25.3 Å². The first-order valence-electron chi connectivity index (χ1n) is 9.76. The molecule has 1 saturated heterocycles. The van der Waals surface area contributed by atoms with Crippen LogP contribution in [-0.2, 0) is 18.2 Å². The van der Waals surface area contributed by atoms with E-state index in [0.717, 1.165) is 28.3 Å². The minimum atomic E-state index is -0.282. The van der Waals surface area contributed by atoms with Crippen molar-refractivity contribution in [3.8, 4) is 0 Å². The average Bonchev–Trinajstić information content (AvgIpc) is 2.76. The van der Waals surface area contributed by atoms with Gasteiger partial charge < -0.3 is 14.2 Å². The van der Waals surface area contributed by atoms with E-state index in [1.54, 1.807) is 24.2 Å². The molecule has 1 aromatic carbocycles. The molecular weight excluding hydrogens is 402 g/mol. The molecule has 3 heterocycles. The quantitative estimate of drug-likeness (QED) is 0.646. The van der Waals surface area contributed by atoms with Gasteiger partial charge in [-0.05, 0) is 41.8 Å². The molecule has 1 aliphatic rings. The van der Waals surface area contributed by atoms with Crippen LogP contribution in [0.5, 0.6) is 0 Å². The zero-order valence-corrected chi connectivity index (χ0v) is 17.4. The second-order valence-electron chi connectivity index (χ2n) is 7.38. The van der Waals surface area contributed by atoms with Crippen molar-refractivity contribution in [1.82, 2.24) is 14.5 Å². The normalized spacial score (nSPS) is 16.5. The van der Waals surface area contributed by atoms with Crippen molar-refractivity contribution in [2.45, 2.75) is 12.5 Å². The zero-order valence-electron chi connectivity index (χ0n) is 16.6. The van der Waals surface area contributed by atoms with Crippen molar-refractivity contribution in [3.63, 3.8) is 0 Å². The van der Waals surface area contributed by atoms with Crippen molar-refractivity contribution in [1.29, 1.82) is 0 Å². The largest absolute Gasteiger partial charge is 0.368 e. The van der Waals surface area contributed by atoms with Gasteiger partial charge >= 0.3 is 0 Å². The predicted molar refractivity (Wildman–Crippen MR) is 115 cm³/mol. The van der Waals surface area contributed by atoms with Crippen molar-refractivity contribution >= 4 is 17.5 Å². The number of carbonyl (C=O) groups is 1.